The zero-order chi connectivity index (χ0) is 18.6. The van der Waals surface area contributed by atoms with Crippen molar-refractivity contribution in [2.75, 3.05) is 11.9 Å². The van der Waals surface area contributed by atoms with Crippen molar-refractivity contribution in [3.63, 3.8) is 0 Å². The fraction of sp³-hybridized carbons (Fsp3) is 0.211. The summed E-state index contributed by atoms with van der Waals surface area (Å²) in [5.74, 6) is 0. The fourth-order valence-electron chi connectivity index (χ4n) is 2.68. The zero-order valence-electron chi connectivity index (χ0n) is 13.9. The van der Waals surface area contributed by atoms with Crippen molar-refractivity contribution in [1.82, 2.24) is 10.3 Å². The summed E-state index contributed by atoms with van der Waals surface area (Å²) in [5.41, 5.74) is 1.19. The molecule has 2 amide bonds. The second-order valence-corrected chi connectivity index (χ2v) is 5.95. The van der Waals surface area contributed by atoms with E-state index in [0.29, 0.717) is 23.1 Å². The molecule has 3 aromatic rings. The molecule has 0 saturated carbocycles. The maximum absolute atomic E-state index is 12.7. The van der Waals surface area contributed by atoms with Crippen molar-refractivity contribution >= 4 is 22.6 Å². The average molecular weight is 361 g/mol. The van der Waals surface area contributed by atoms with Crippen LogP contribution in [0.3, 0.4) is 0 Å². The van der Waals surface area contributed by atoms with Crippen LogP contribution < -0.4 is 10.6 Å². The summed E-state index contributed by atoms with van der Waals surface area (Å²) in [7, 11) is 0. The molecular weight excluding hydrogens is 343 g/mol. The van der Waals surface area contributed by atoms with Crippen molar-refractivity contribution in [3.05, 3.63) is 65.9 Å². The molecule has 4 nitrogen and oxygen atoms in total. The number of nitrogens with one attached hydrogen (secondary N) is 3. The highest BCUT2D eigenvalue weighted by Crippen LogP contribution is 2.31. The molecule has 0 aliphatic heterocycles. The van der Waals surface area contributed by atoms with E-state index in [1.165, 1.54) is 17.7 Å². The van der Waals surface area contributed by atoms with Crippen molar-refractivity contribution < 1.29 is 18.0 Å². The second-order valence-electron chi connectivity index (χ2n) is 5.95. The van der Waals surface area contributed by atoms with E-state index >= 15 is 0 Å². The van der Waals surface area contributed by atoms with Crippen molar-refractivity contribution in [2.45, 2.75) is 19.0 Å². The van der Waals surface area contributed by atoms with Gasteiger partial charge in [-0.25, -0.2) is 4.79 Å². The van der Waals surface area contributed by atoms with Gasteiger partial charge in [0.05, 0.1) is 0 Å². The number of carbonyl (C=O) groups excluding carboxylic acids is 1. The molecule has 2 aromatic carbocycles. The Balaban J connectivity index is 1.52. The standard InChI is InChI=1S/C19H18F3N3O/c20-19(21,22)17-12-14-11-15(8-9-16(14)25-17)24-18(26)23-10-4-7-13-5-2-1-3-6-13/h1-3,5-6,8-9,11-12,25H,4,7,10H2,(H2,23,24,26). The highest BCUT2D eigenvalue weighted by atomic mass is 19.4. The first-order chi connectivity index (χ1) is 12.4. The number of aromatic amines is 1. The Morgan fingerprint density at radius 3 is 2.54 bits per heavy atom. The van der Waals surface area contributed by atoms with E-state index in [2.05, 4.69) is 15.6 Å². The molecule has 3 rings (SSSR count). The first-order valence-electron chi connectivity index (χ1n) is 8.20. The third-order valence-electron chi connectivity index (χ3n) is 3.95. The molecule has 0 fully saturated rings. The van der Waals surface area contributed by atoms with Gasteiger partial charge in [-0.3, -0.25) is 0 Å². The van der Waals surface area contributed by atoms with Gasteiger partial charge in [0.25, 0.3) is 0 Å². The quantitative estimate of drug-likeness (QED) is 0.554. The van der Waals surface area contributed by atoms with Gasteiger partial charge in [-0.05, 0) is 42.7 Å². The molecular formula is C19H18F3N3O. The van der Waals surface area contributed by atoms with Crippen LogP contribution in [-0.2, 0) is 12.6 Å². The maximum Gasteiger partial charge on any atom is 0.431 e. The molecule has 26 heavy (non-hydrogen) atoms. The number of urea groups is 1. The molecule has 0 saturated heterocycles. The topological polar surface area (TPSA) is 56.9 Å². The molecule has 0 aliphatic carbocycles. The third-order valence-corrected chi connectivity index (χ3v) is 3.95. The summed E-state index contributed by atoms with van der Waals surface area (Å²) < 4.78 is 38.2. The number of hydrogen-bond acceptors (Lipinski definition) is 1. The number of carbonyl (C=O) groups is 1. The summed E-state index contributed by atoms with van der Waals surface area (Å²) >= 11 is 0. The average Bonchev–Trinajstić information content (AvgIpc) is 3.03. The normalized spacial score (nSPS) is 11.5. The number of hydrogen-bond donors (Lipinski definition) is 3. The van der Waals surface area contributed by atoms with E-state index in [0.717, 1.165) is 18.9 Å². The van der Waals surface area contributed by atoms with Gasteiger partial charge < -0.3 is 15.6 Å². The number of fused-ring (bicyclic) bond motifs is 1. The number of alkyl halides is 3. The predicted octanol–water partition coefficient (Wildman–Crippen LogP) is 4.94. The molecule has 1 aromatic heterocycles. The van der Waals surface area contributed by atoms with Crippen LogP contribution in [0.25, 0.3) is 10.9 Å². The summed E-state index contributed by atoms with van der Waals surface area (Å²) in [6.45, 7) is 0.505. The number of amides is 2. The first kappa shape index (κ1) is 17.8. The van der Waals surface area contributed by atoms with Gasteiger partial charge >= 0.3 is 12.2 Å². The van der Waals surface area contributed by atoms with Crippen LogP contribution in [0.2, 0.25) is 0 Å². The van der Waals surface area contributed by atoms with Gasteiger partial charge in [0, 0.05) is 23.1 Å². The molecule has 1 heterocycles. The van der Waals surface area contributed by atoms with Crippen LogP contribution in [0, 0.1) is 0 Å². The Morgan fingerprint density at radius 2 is 1.81 bits per heavy atom. The van der Waals surface area contributed by atoms with Crippen LogP contribution in [0.15, 0.2) is 54.6 Å². The molecule has 0 spiro atoms. The van der Waals surface area contributed by atoms with Crippen molar-refractivity contribution in [2.24, 2.45) is 0 Å². The Kier molecular flexibility index (Phi) is 5.16. The Morgan fingerprint density at radius 1 is 1.04 bits per heavy atom. The van der Waals surface area contributed by atoms with E-state index < -0.39 is 11.9 Å². The molecule has 0 bridgehead atoms. The lowest BCUT2D eigenvalue weighted by molar-refractivity contribution is -0.140. The van der Waals surface area contributed by atoms with E-state index in [-0.39, 0.29) is 6.03 Å². The minimum atomic E-state index is -4.43. The van der Waals surface area contributed by atoms with Gasteiger partial charge in [0.15, 0.2) is 0 Å². The van der Waals surface area contributed by atoms with Crippen molar-refractivity contribution in [3.8, 4) is 0 Å². The van der Waals surface area contributed by atoms with Crippen LogP contribution in [0.4, 0.5) is 23.7 Å². The number of rotatable bonds is 5. The highest BCUT2D eigenvalue weighted by Gasteiger charge is 2.32. The number of H-pyrrole nitrogens is 1. The third kappa shape index (κ3) is 4.56. The Labute approximate surface area is 148 Å². The van der Waals surface area contributed by atoms with E-state index in [1.807, 2.05) is 30.3 Å². The maximum atomic E-state index is 12.7. The van der Waals surface area contributed by atoms with Crippen LogP contribution >= 0.6 is 0 Å². The fourth-order valence-corrected chi connectivity index (χ4v) is 2.68. The summed E-state index contributed by atoms with van der Waals surface area (Å²) in [6, 6.07) is 15.2. The molecule has 3 N–H and O–H groups in total. The van der Waals surface area contributed by atoms with Gasteiger partial charge in [-0.15, -0.1) is 0 Å². The number of anilines is 1. The minimum Gasteiger partial charge on any atom is -0.351 e. The zero-order valence-corrected chi connectivity index (χ0v) is 13.9. The molecule has 0 atom stereocenters. The van der Waals surface area contributed by atoms with Gasteiger partial charge in [-0.2, -0.15) is 13.2 Å². The lowest BCUT2D eigenvalue weighted by Gasteiger charge is -2.08. The number of benzene rings is 2. The summed E-state index contributed by atoms with van der Waals surface area (Å²) in [4.78, 5) is 14.2. The SMILES string of the molecule is O=C(NCCCc1ccccc1)Nc1ccc2[nH]c(C(F)(F)F)cc2c1. The first-order valence-corrected chi connectivity index (χ1v) is 8.20. The van der Waals surface area contributed by atoms with Crippen molar-refractivity contribution in [1.29, 1.82) is 0 Å². The van der Waals surface area contributed by atoms with E-state index in [1.54, 1.807) is 6.07 Å². The number of aromatic nitrogens is 1. The molecule has 0 radical (unpaired) electrons. The number of halogens is 3. The largest absolute Gasteiger partial charge is 0.431 e. The Bertz CT molecular complexity index is 888. The summed E-state index contributed by atoms with van der Waals surface area (Å²) in [5, 5.41) is 5.76. The highest BCUT2D eigenvalue weighted by molar-refractivity contribution is 5.93. The minimum absolute atomic E-state index is 0.367. The van der Waals surface area contributed by atoms with Gasteiger partial charge in [0.1, 0.15) is 5.69 Å². The second kappa shape index (κ2) is 7.51. The lowest BCUT2D eigenvalue weighted by atomic mass is 10.1. The van der Waals surface area contributed by atoms with Crippen LogP contribution in [-0.4, -0.2) is 17.6 Å². The van der Waals surface area contributed by atoms with Gasteiger partial charge in [0.2, 0.25) is 0 Å². The summed E-state index contributed by atoms with van der Waals surface area (Å²) in [6.07, 6.45) is -2.78. The van der Waals surface area contributed by atoms with Crippen LogP contribution in [0.5, 0.6) is 0 Å². The molecule has 136 valence electrons. The molecule has 7 heteroatoms. The lowest BCUT2D eigenvalue weighted by Crippen LogP contribution is -2.29. The monoisotopic (exact) mass is 361 g/mol. The molecule has 0 unspecified atom stereocenters. The van der Waals surface area contributed by atoms with E-state index in [4.69, 9.17) is 0 Å². The molecule has 0 aliphatic rings. The van der Waals surface area contributed by atoms with E-state index in [9.17, 15) is 18.0 Å². The number of aryl methyl sites for hydroxylation is 1. The van der Waals surface area contributed by atoms with Gasteiger partial charge in [-0.1, -0.05) is 30.3 Å². The smallest absolute Gasteiger partial charge is 0.351 e. The predicted molar refractivity (Wildman–Crippen MR) is 95.1 cm³/mol. The Hall–Kier alpha value is -2.96. The van der Waals surface area contributed by atoms with Crippen LogP contribution in [0.1, 0.15) is 17.7 Å².